The van der Waals surface area contributed by atoms with Gasteiger partial charge in [-0.1, -0.05) is 30.3 Å². The molecule has 5 rings (SSSR count). The minimum absolute atomic E-state index is 0.0296. The summed E-state index contributed by atoms with van der Waals surface area (Å²) in [7, 11) is -4.24. The van der Waals surface area contributed by atoms with E-state index in [-0.39, 0.29) is 16.4 Å². The lowest BCUT2D eigenvalue weighted by Gasteiger charge is -2.25. The van der Waals surface area contributed by atoms with Crippen LogP contribution in [0.15, 0.2) is 71.6 Å². The molecule has 0 aliphatic carbocycles. The van der Waals surface area contributed by atoms with Crippen LogP contribution in [-0.2, 0) is 22.7 Å². The second kappa shape index (κ2) is 8.60. The Bertz CT molecular complexity index is 1400. The van der Waals surface area contributed by atoms with E-state index in [2.05, 4.69) is 4.72 Å². The molecule has 0 atom stereocenters. The first-order valence-corrected chi connectivity index (χ1v) is 12.7. The van der Waals surface area contributed by atoms with Crippen LogP contribution in [0.2, 0.25) is 0 Å². The van der Waals surface area contributed by atoms with Crippen molar-refractivity contribution in [2.24, 2.45) is 0 Å². The Hall–Kier alpha value is -3.53. The van der Waals surface area contributed by atoms with Gasteiger partial charge in [0.2, 0.25) is 0 Å². The summed E-state index contributed by atoms with van der Waals surface area (Å²) < 4.78 is 68.8. The standard InChI is InChI=1S/C25H23F3N4O2S/c26-25(27,28)18-7-5-8-19(14-18)30-35(33,34)23-15-20(10-11-22(23)31-12-3-4-13-31)32-16-17-6-1-2-9-21(17)24(32)29/h1-2,5-11,14-15,29-30H,3-4,12-13,16H2. The van der Waals surface area contributed by atoms with Gasteiger partial charge in [-0.15, -0.1) is 0 Å². The molecule has 0 aromatic heterocycles. The maximum absolute atomic E-state index is 13.5. The predicted octanol–water partition coefficient (Wildman–Crippen LogP) is 5.45. The zero-order chi connectivity index (χ0) is 24.8. The number of nitrogens with one attached hydrogen (secondary N) is 2. The maximum Gasteiger partial charge on any atom is 0.416 e. The number of alkyl halides is 3. The maximum atomic E-state index is 13.5. The molecular weight excluding hydrogens is 477 g/mol. The summed E-state index contributed by atoms with van der Waals surface area (Å²) in [5.74, 6) is 0.267. The van der Waals surface area contributed by atoms with E-state index in [1.54, 1.807) is 17.0 Å². The molecule has 0 saturated carbocycles. The normalized spacial score (nSPS) is 16.0. The first-order chi connectivity index (χ1) is 16.6. The largest absolute Gasteiger partial charge is 0.416 e. The van der Waals surface area contributed by atoms with Crippen molar-refractivity contribution >= 4 is 32.9 Å². The topological polar surface area (TPSA) is 76.5 Å². The molecule has 2 N–H and O–H groups in total. The van der Waals surface area contributed by atoms with E-state index in [1.165, 1.54) is 18.2 Å². The van der Waals surface area contributed by atoms with E-state index < -0.39 is 21.8 Å². The molecule has 3 aromatic carbocycles. The molecule has 1 saturated heterocycles. The lowest BCUT2D eigenvalue weighted by Crippen LogP contribution is -2.26. The molecule has 2 aliphatic heterocycles. The number of nitrogens with zero attached hydrogens (tertiary/aromatic N) is 2. The van der Waals surface area contributed by atoms with E-state index in [1.807, 2.05) is 29.2 Å². The molecule has 182 valence electrons. The summed E-state index contributed by atoms with van der Waals surface area (Å²) in [6.07, 6.45) is -2.74. The molecule has 2 aliphatic rings. The Balaban J connectivity index is 1.54. The molecule has 0 amide bonds. The molecule has 0 spiro atoms. The quantitative estimate of drug-likeness (QED) is 0.488. The third kappa shape index (κ3) is 4.45. The van der Waals surface area contributed by atoms with Crippen molar-refractivity contribution in [1.82, 2.24) is 0 Å². The van der Waals surface area contributed by atoms with E-state index in [4.69, 9.17) is 5.41 Å². The molecule has 35 heavy (non-hydrogen) atoms. The fraction of sp³-hybridized carbons (Fsp3) is 0.240. The number of amidine groups is 1. The number of sulfonamides is 1. The highest BCUT2D eigenvalue weighted by atomic mass is 32.2. The average Bonchev–Trinajstić information content (AvgIpc) is 3.47. The third-order valence-corrected chi connectivity index (χ3v) is 7.71. The number of fused-ring (bicyclic) bond motifs is 1. The molecule has 3 aromatic rings. The van der Waals surface area contributed by atoms with E-state index in [0.717, 1.165) is 36.1 Å². The smallest absolute Gasteiger partial charge is 0.370 e. The number of hydrogen-bond acceptors (Lipinski definition) is 4. The van der Waals surface area contributed by atoms with Crippen molar-refractivity contribution in [2.45, 2.75) is 30.5 Å². The van der Waals surface area contributed by atoms with Crippen LogP contribution in [-0.4, -0.2) is 27.3 Å². The van der Waals surface area contributed by atoms with Gasteiger partial charge in [0.05, 0.1) is 17.8 Å². The van der Waals surface area contributed by atoms with Crippen LogP contribution in [0, 0.1) is 5.41 Å². The van der Waals surface area contributed by atoms with Crippen molar-refractivity contribution in [3.63, 3.8) is 0 Å². The highest BCUT2D eigenvalue weighted by Crippen LogP contribution is 2.37. The fourth-order valence-corrected chi connectivity index (χ4v) is 5.87. The second-order valence-electron chi connectivity index (χ2n) is 8.62. The van der Waals surface area contributed by atoms with Gasteiger partial charge in [-0.05, 0) is 54.8 Å². The van der Waals surface area contributed by atoms with Crippen molar-refractivity contribution in [3.8, 4) is 0 Å². The molecule has 2 heterocycles. The first kappa shape index (κ1) is 23.2. The van der Waals surface area contributed by atoms with Crippen LogP contribution < -0.4 is 14.5 Å². The lowest BCUT2D eigenvalue weighted by molar-refractivity contribution is -0.137. The summed E-state index contributed by atoms with van der Waals surface area (Å²) in [5, 5.41) is 8.58. The molecule has 0 radical (unpaired) electrons. The fourth-order valence-electron chi connectivity index (χ4n) is 4.58. The number of halogens is 3. The number of anilines is 3. The van der Waals surface area contributed by atoms with Gasteiger partial charge in [-0.3, -0.25) is 10.1 Å². The summed E-state index contributed by atoms with van der Waals surface area (Å²) in [6.45, 7) is 1.81. The van der Waals surface area contributed by atoms with Gasteiger partial charge in [-0.25, -0.2) is 8.42 Å². The second-order valence-corrected chi connectivity index (χ2v) is 10.3. The Labute approximate surface area is 201 Å². The predicted molar refractivity (Wildman–Crippen MR) is 130 cm³/mol. The Morgan fingerprint density at radius 2 is 1.66 bits per heavy atom. The van der Waals surface area contributed by atoms with E-state index in [0.29, 0.717) is 31.0 Å². The molecule has 6 nitrogen and oxygen atoms in total. The van der Waals surface area contributed by atoms with Gasteiger partial charge in [0, 0.05) is 30.0 Å². The number of rotatable bonds is 5. The molecule has 10 heteroatoms. The summed E-state index contributed by atoms with van der Waals surface area (Å²) in [4.78, 5) is 3.66. The van der Waals surface area contributed by atoms with Gasteiger partial charge >= 0.3 is 6.18 Å². The SMILES string of the molecule is N=C1c2ccccc2CN1c1ccc(N2CCCC2)c(S(=O)(=O)Nc2cccc(C(F)(F)F)c2)c1. The van der Waals surface area contributed by atoms with Gasteiger partial charge in [0.15, 0.2) is 0 Å². The zero-order valence-corrected chi connectivity index (χ0v) is 19.5. The summed E-state index contributed by atoms with van der Waals surface area (Å²) in [6, 6.07) is 16.7. The first-order valence-electron chi connectivity index (χ1n) is 11.2. The van der Waals surface area contributed by atoms with Gasteiger partial charge in [0.25, 0.3) is 10.0 Å². The van der Waals surface area contributed by atoms with Gasteiger partial charge < -0.3 is 9.80 Å². The highest BCUT2D eigenvalue weighted by Gasteiger charge is 2.32. The molecule has 0 bridgehead atoms. The highest BCUT2D eigenvalue weighted by molar-refractivity contribution is 7.92. The molecule has 1 fully saturated rings. The summed E-state index contributed by atoms with van der Waals surface area (Å²) >= 11 is 0. The Kier molecular flexibility index (Phi) is 5.71. The number of hydrogen-bond donors (Lipinski definition) is 2. The van der Waals surface area contributed by atoms with Crippen LogP contribution in [0.1, 0.15) is 29.5 Å². The molecule has 0 unspecified atom stereocenters. The van der Waals surface area contributed by atoms with Crippen molar-refractivity contribution in [1.29, 1.82) is 5.41 Å². The average molecular weight is 501 g/mol. The lowest BCUT2D eigenvalue weighted by atomic mass is 10.1. The van der Waals surface area contributed by atoms with Gasteiger partial charge in [-0.2, -0.15) is 13.2 Å². The van der Waals surface area contributed by atoms with Crippen LogP contribution in [0.4, 0.5) is 30.2 Å². The van der Waals surface area contributed by atoms with Gasteiger partial charge in [0.1, 0.15) is 10.7 Å². The Morgan fingerprint density at radius 3 is 2.37 bits per heavy atom. The van der Waals surface area contributed by atoms with Crippen molar-refractivity contribution in [3.05, 3.63) is 83.4 Å². The van der Waals surface area contributed by atoms with Crippen LogP contribution in [0.5, 0.6) is 0 Å². The van der Waals surface area contributed by atoms with Crippen LogP contribution >= 0.6 is 0 Å². The van der Waals surface area contributed by atoms with Crippen molar-refractivity contribution < 1.29 is 21.6 Å². The van der Waals surface area contributed by atoms with Crippen molar-refractivity contribution in [2.75, 3.05) is 27.6 Å². The Morgan fingerprint density at radius 1 is 0.914 bits per heavy atom. The van der Waals surface area contributed by atoms with Crippen LogP contribution in [0.3, 0.4) is 0 Å². The minimum atomic E-state index is -4.59. The van der Waals surface area contributed by atoms with Crippen LogP contribution in [0.25, 0.3) is 0 Å². The minimum Gasteiger partial charge on any atom is -0.370 e. The summed E-state index contributed by atoms with van der Waals surface area (Å²) in [5.41, 5.74) is 1.66. The van der Waals surface area contributed by atoms with E-state index >= 15 is 0 Å². The number of benzene rings is 3. The monoisotopic (exact) mass is 500 g/mol. The molecular formula is C25H23F3N4O2S. The van der Waals surface area contributed by atoms with E-state index in [9.17, 15) is 21.6 Å². The third-order valence-electron chi connectivity index (χ3n) is 6.30. The zero-order valence-electron chi connectivity index (χ0n) is 18.6.